The van der Waals surface area contributed by atoms with Crippen LogP contribution in [0.25, 0.3) is 0 Å². The number of aromatic nitrogens is 2. The molecule has 8 nitrogen and oxygen atoms in total. The number of benzene rings is 1. The summed E-state index contributed by atoms with van der Waals surface area (Å²) in [6, 6.07) is 3.41. The number of amides is 1. The van der Waals surface area contributed by atoms with Gasteiger partial charge in [-0.25, -0.2) is 0 Å². The fourth-order valence-corrected chi connectivity index (χ4v) is 2.35. The van der Waals surface area contributed by atoms with Crippen LogP contribution in [-0.2, 0) is 13.2 Å². The fourth-order valence-electron chi connectivity index (χ4n) is 1.99. The van der Waals surface area contributed by atoms with E-state index in [2.05, 4.69) is 10.4 Å². The van der Waals surface area contributed by atoms with E-state index in [-0.39, 0.29) is 17.1 Å². The minimum absolute atomic E-state index is 0.0538. The second-order valence-electron chi connectivity index (χ2n) is 4.76. The summed E-state index contributed by atoms with van der Waals surface area (Å²) in [6.07, 6.45) is -4.83. The number of non-ortho nitro benzene ring substituents is 1. The number of halogens is 4. The van der Waals surface area contributed by atoms with Crippen molar-refractivity contribution < 1.29 is 27.6 Å². The predicted octanol–water partition coefficient (Wildman–Crippen LogP) is 3.26. The van der Waals surface area contributed by atoms with Crippen molar-refractivity contribution >= 4 is 28.9 Å². The SMILES string of the molecule is COc1cc(NC(=O)c2c(Cl)c(C(F)(F)F)nn2C)cc([N+](=O)[O-])c1. The van der Waals surface area contributed by atoms with Crippen molar-refractivity contribution in [1.29, 1.82) is 0 Å². The summed E-state index contributed by atoms with van der Waals surface area (Å²) in [7, 11) is 2.38. The number of ether oxygens (including phenoxy) is 1. The van der Waals surface area contributed by atoms with Crippen LogP contribution in [0.2, 0.25) is 5.02 Å². The number of carbonyl (C=O) groups excluding carboxylic acids is 1. The summed E-state index contributed by atoms with van der Waals surface area (Å²) < 4.78 is 43.9. The maximum atomic E-state index is 12.8. The largest absolute Gasteiger partial charge is 0.496 e. The first kappa shape index (κ1) is 18.5. The lowest BCUT2D eigenvalue weighted by Gasteiger charge is -2.08. The first-order valence-electron chi connectivity index (χ1n) is 6.49. The highest BCUT2D eigenvalue weighted by Gasteiger charge is 2.39. The Labute approximate surface area is 143 Å². The molecule has 0 unspecified atom stereocenters. The van der Waals surface area contributed by atoms with Crippen molar-refractivity contribution in [3.63, 3.8) is 0 Å². The molecule has 0 saturated heterocycles. The zero-order valence-electron chi connectivity index (χ0n) is 12.7. The number of nitro groups is 1. The van der Waals surface area contributed by atoms with Crippen LogP contribution in [0.4, 0.5) is 24.5 Å². The van der Waals surface area contributed by atoms with Gasteiger partial charge < -0.3 is 10.1 Å². The van der Waals surface area contributed by atoms with E-state index in [1.165, 1.54) is 13.2 Å². The standard InChI is InChI=1S/C13H10ClF3N4O4/c1-20-10(9(14)11(19-20)13(15,16)17)12(22)18-6-3-7(21(23)24)5-8(4-6)25-2/h3-5H,1-2H3,(H,18,22). The highest BCUT2D eigenvalue weighted by Crippen LogP contribution is 2.35. The normalized spacial score (nSPS) is 11.3. The minimum Gasteiger partial charge on any atom is -0.496 e. The number of hydrogen-bond acceptors (Lipinski definition) is 5. The number of nitrogens with one attached hydrogen (secondary N) is 1. The number of hydrogen-bond donors (Lipinski definition) is 1. The quantitative estimate of drug-likeness (QED) is 0.650. The molecule has 2 rings (SSSR count). The first-order chi connectivity index (χ1) is 11.5. The van der Waals surface area contributed by atoms with Crippen molar-refractivity contribution in [2.75, 3.05) is 12.4 Å². The molecule has 1 N–H and O–H groups in total. The maximum absolute atomic E-state index is 12.8. The fraction of sp³-hybridized carbons (Fsp3) is 0.231. The van der Waals surface area contributed by atoms with E-state index in [1.54, 1.807) is 0 Å². The molecule has 0 spiro atoms. The number of nitrogens with zero attached hydrogens (tertiary/aromatic N) is 3. The summed E-state index contributed by atoms with van der Waals surface area (Å²) in [5.41, 5.74) is -2.37. The second kappa shape index (κ2) is 6.59. The molecule has 0 radical (unpaired) electrons. The highest BCUT2D eigenvalue weighted by molar-refractivity contribution is 6.34. The molecule has 1 aromatic carbocycles. The van der Waals surface area contributed by atoms with Crippen LogP contribution in [-0.4, -0.2) is 27.7 Å². The molecule has 0 bridgehead atoms. The van der Waals surface area contributed by atoms with Crippen LogP contribution in [0.15, 0.2) is 18.2 Å². The van der Waals surface area contributed by atoms with E-state index in [9.17, 15) is 28.1 Å². The molecule has 134 valence electrons. The molecular formula is C13H10ClF3N4O4. The lowest BCUT2D eigenvalue weighted by molar-refractivity contribution is -0.384. The van der Waals surface area contributed by atoms with E-state index in [1.807, 2.05) is 0 Å². The van der Waals surface area contributed by atoms with Gasteiger partial charge in [0.1, 0.15) is 16.5 Å². The van der Waals surface area contributed by atoms with Gasteiger partial charge in [0.15, 0.2) is 5.69 Å². The van der Waals surface area contributed by atoms with Crippen LogP contribution >= 0.6 is 11.6 Å². The summed E-state index contributed by atoms with van der Waals surface area (Å²) in [5.74, 6) is -0.936. The zero-order valence-corrected chi connectivity index (χ0v) is 13.5. The lowest BCUT2D eigenvalue weighted by Crippen LogP contribution is -2.16. The van der Waals surface area contributed by atoms with Crippen LogP contribution < -0.4 is 10.1 Å². The molecule has 2 aromatic rings. The summed E-state index contributed by atoms with van der Waals surface area (Å²) >= 11 is 5.62. The number of rotatable bonds is 4. The van der Waals surface area contributed by atoms with E-state index >= 15 is 0 Å². The number of nitro benzene ring substituents is 1. The predicted molar refractivity (Wildman–Crippen MR) is 80.8 cm³/mol. The number of aryl methyl sites for hydroxylation is 1. The van der Waals surface area contributed by atoms with Gasteiger partial charge >= 0.3 is 6.18 Å². The third-order valence-corrected chi connectivity index (χ3v) is 3.43. The Kier molecular flexibility index (Phi) is 4.88. The summed E-state index contributed by atoms with van der Waals surface area (Å²) in [4.78, 5) is 22.4. The van der Waals surface area contributed by atoms with E-state index in [0.717, 1.165) is 19.2 Å². The topological polar surface area (TPSA) is 99.3 Å². The van der Waals surface area contributed by atoms with Gasteiger partial charge in [-0.05, 0) is 0 Å². The molecule has 0 aliphatic rings. The number of anilines is 1. The Balaban J connectivity index is 2.40. The van der Waals surface area contributed by atoms with E-state index in [4.69, 9.17) is 16.3 Å². The van der Waals surface area contributed by atoms with Crippen molar-refractivity contribution in [2.24, 2.45) is 7.05 Å². The van der Waals surface area contributed by atoms with Gasteiger partial charge in [0.25, 0.3) is 11.6 Å². The number of alkyl halides is 3. The van der Waals surface area contributed by atoms with Gasteiger partial charge in [0, 0.05) is 19.2 Å². The van der Waals surface area contributed by atoms with Gasteiger partial charge in [-0.15, -0.1) is 0 Å². The maximum Gasteiger partial charge on any atom is 0.436 e. The number of methoxy groups -OCH3 is 1. The summed E-state index contributed by atoms with van der Waals surface area (Å²) in [5, 5.41) is 15.4. The average molecular weight is 379 g/mol. The molecule has 0 atom stereocenters. The third kappa shape index (κ3) is 3.82. The Bertz CT molecular complexity index is 851. The van der Waals surface area contributed by atoms with Gasteiger partial charge in [-0.3, -0.25) is 19.6 Å². The molecule has 1 amide bonds. The molecule has 0 aliphatic heterocycles. The first-order valence-corrected chi connectivity index (χ1v) is 6.87. The zero-order chi connectivity index (χ0) is 18.9. The van der Waals surface area contributed by atoms with E-state index in [0.29, 0.717) is 4.68 Å². The van der Waals surface area contributed by atoms with Gasteiger partial charge in [0.2, 0.25) is 0 Å². The van der Waals surface area contributed by atoms with Crippen LogP contribution in [0.5, 0.6) is 5.75 Å². The van der Waals surface area contributed by atoms with Crippen LogP contribution in [0, 0.1) is 10.1 Å². The molecule has 0 fully saturated rings. The molecule has 25 heavy (non-hydrogen) atoms. The Morgan fingerprint density at radius 2 is 2.04 bits per heavy atom. The van der Waals surface area contributed by atoms with Crippen LogP contribution in [0.3, 0.4) is 0 Å². The number of carbonyl (C=O) groups is 1. The third-order valence-electron chi connectivity index (χ3n) is 3.07. The van der Waals surface area contributed by atoms with Crippen molar-refractivity contribution in [1.82, 2.24) is 9.78 Å². The Hall–Kier alpha value is -2.82. The molecule has 12 heteroatoms. The van der Waals surface area contributed by atoms with Crippen LogP contribution in [0.1, 0.15) is 16.2 Å². The summed E-state index contributed by atoms with van der Waals surface area (Å²) in [6.45, 7) is 0. The minimum atomic E-state index is -4.83. The second-order valence-corrected chi connectivity index (χ2v) is 5.14. The smallest absolute Gasteiger partial charge is 0.436 e. The molecular weight excluding hydrogens is 369 g/mol. The van der Waals surface area contributed by atoms with Crippen molar-refractivity contribution in [3.8, 4) is 5.75 Å². The monoisotopic (exact) mass is 378 g/mol. The Morgan fingerprint density at radius 1 is 1.40 bits per heavy atom. The molecule has 1 aromatic heterocycles. The van der Waals surface area contributed by atoms with Gasteiger partial charge in [0.05, 0.1) is 23.8 Å². The molecule has 1 heterocycles. The van der Waals surface area contributed by atoms with E-state index < -0.39 is 33.4 Å². The van der Waals surface area contributed by atoms with Gasteiger partial charge in [-0.1, -0.05) is 11.6 Å². The van der Waals surface area contributed by atoms with Crippen molar-refractivity contribution in [2.45, 2.75) is 6.18 Å². The lowest BCUT2D eigenvalue weighted by atomic mass is 10.2. The Morgan fingerprint density at radius 3 is 2.52 bits per heavy atom. The van der Waals surface area contributed by atoms with Gasteiger partial charge in [-0.2, -0.15) is 18.3 Å². The molecule has 0 saturated carbocycles. The highest BCUT2D eigenvalue weighted by atomic mass is 35.5. The average Bonchev–Trinajstić information content (AvgIpc) is 2.81. The van der Waals surface area contributed by atoms with Crippen molar-refractivity contribution in [3.05, 3.63) is 44.7 Å². The molecule has 0 aliphatic carbocycles.